The number of amides is 2. The molecule has 1 aromatic rings. The van der Waals surface area contributed by atoms with E-state index in [1.807, 2.05) is 23.1 Å². The molecule has 3 aliphatic rings. The molecule has 27 heavy (non-hydrogen) atoms. The van der Waals surface area contributed by atoms with E-state index in [0.717, 1.165) is 69.6 Å². The van der Waals surface area contributed by atoms with Crippen molar-refractivity contribution in [2.24, 2.45) is 5.92 Å². The monoisotopic (exact) mass is 371 g/mol. The topological polar surface area (TPSA) is 61.9 Å². The van der Waals surface area contributed by atoms with E-state index in [0.29, 0.717) is 6.54 Å². The largest absolute Gasteiger partial charge is 0.497 e. The average Bonchev–Trinajstić information content (AvgIpc) is 3.54. The van der Waals surface area contributed by atoms with E-state index in [9.17, 15) is 9.59 Å². The molecule has 146 valence electrons. The van der Waals surface area contributed by atoms with E-state index >= 15 is 0 Å². The first-order valence-electron chi connectivity index (χ1n) is 10.1. The maximum absolute atomic E-state index is 12.9. The molecule has 0 unspecified atom stereocenters. The van der Waals surface area contributed by atoms with Crippen LogP contribution in [0.4, 0.5) is 5.69 Å². The Morgan fingerprint density at radius 2 is 1.93 bits per heavy atom. The Bertz CT molecular complexity index is 709. The molecule has 2 heterocycles. The van der Waals surface area contributed by atoms with E-state index in [2.05, 4.69) is 10.2 Å². The van der Waals surface area contributed by atoms with Gasteiger partial charge in [-0.25, -0.2) is 0 Å². The van der Waals surface area contributed by atoms with Crippen LogP contribution in [0.5, 0.6) is 5.75 Å². The first kappa shape index (κ1) is 18.3. The summed E-state index contributed by atoms with van der Waals surface area (Å²) < 4.78 is 5.31. The molecule has 1 saturated carbocycles. The molecule has 1 N–H and O–H groups in total. The van der Waals surface area contributed by atoms with Gasteiger partial charge in [-0.1, -0.05) is 0 Å². The third-order valence-corrected chi connectivity index (χ3v) is 5.95. The van der Waals surface area contributed by atoms with Crippen molar-refractivity contribution in [2.45, 2.75) is 44.6 Å². The molecule has 6 nitrogen and oxygen atoms in total. The Hall–Kier alpha value is -2.08. The van der Waals surface area contributed by atoms with E-state index in [4.69, 9.17) is 4.74 Å². The van der Waals surface area contributed by atoms with Crippen molar-refractivity contribution < 1.29 is 14.3 Å². The van der Waals surface area contributed by atoms with Crippen molar-refractivity contribution in [3.8, 4) is 5.75 Å². The lowest BCUT2D eigenvalue weighted by Gasteiger charge is -2.35. The maximum atomic E-state index is 12.9. The Morgan fingerprint density at radius 3 is 2.63 bits per heavy atom. The number of nitrogens with zero attached hydrogens (tertiary/aromatic N) is 2. The first-order valence-corrected chi connectivity index (χ1v) is 10.1. The zero-order chi connectivity index (χ0) is 18.8. The zero-order valence-electron chi connectivity index (χ0n) is 16.1. The van der Waals surface area contributed by atoms with E-state index in [-0.39, 0.29) is 23.8 Å². The summed E-state index contributed by atoms with van der Waals surface area (Å²) in [6.45, 7) is 2.97. The molecule has 2 aliphatic heterocycles. The number of fused-ring (bicyclic) bond motifs is 1. The highest BCUT2D eigenvalue weighted by Crippen LogP contribution is 2.31. The molecular weight excluding hydrogens is 342 g/mol. The van der Waals surface area contributed by atoms with Crippen LogP contribution in [0.3, 0.4) is 0 Å². The van der Waals surface area contributed by atoms with Crippen molar-refractivity contribution in [1.29, 1.82) is 0 Å². The molecule has 1 saturated heterocycles. The maximum Gasteiger partial charge on any atom is 0.241 e. The molecule has 0 spiro atoms. The van der Waals surface area contributed by atoms with Crippen molar-refractivity contribution in [3.63, 3.8) is 0 Å². The normalized spacial score (nSPS) is 20.9. The fourth-order valence-corrected chi connectivity index (χ4v) is 4.14. The zero-order valence-corrected chi connectivity index (χ0v) is 16.1. The van der Waals surface area contributed by atoms with Gasteiger partial charge in [-0.3, -0.25) is 14.5 Å². The molecule has 6 heteroatoms. The van der Waals surface area contributed by atoms with Crippen LogP contribution in [-0.4, -0.2) is 56.0 Å². The smallest absolute Gasteiger partial charge is 0.241 e. The highest BCUT2D eigenvalue weighted by atomic mass is 16.5. The predicted molar refractivity (Wildman–Crippen MR) is 104 cm³/mol. The van der Waals surface area contributed by atoms with Crippen LogP contribution >= 0.6 is 0 Å². The van der Waals surface area contributed by atoms with E-state index in [1.165, 1.54) is 5.56 Å². The highest BCUT2D eigenvalue weighted by Gasteiger charge is 2.32. The van der Waals surface area contributed by atoms with Gasteiger partial charge >= 0.3 is 0 Å². The van der Waals surface area contributed by atoms with Crippen LogP contribution in [0.1, 0.15) is 37.7 Å². The molecule has 0 bridgehead atoms. The fourth-order valence-electron chi connectivity index (χ4n) is 4.14. The number of benzene rings is 1. The summed E-state index contributed by atoms with van der Waals surface area (Å²) in [5, 5.41) is 3.17. The summed E-state index contributed by atoms with van der Waals surface area (Å²) >= 11 is 0. The number of nitrogens with one attached hydrogen (secondary N) is 1. The van der Waals surface area contributed by atoms with Crippen molar-refractivity contribution in [1.82, 2.24) is 10.2 Å². The molecule has 2 fully saturated rings. The van der Waals surface area contributed by atoms with Gasteiger partial charge in [-0.2, -0.15) is 0 Å². The number of ether oxygens (including phenoxy) is 1. The second-order valence-corrected chi connectivity index (χ2v) is 7.98. The molecule has 0 atom stereocenters. The number of hydrogen-bond donors (Lipinski definition) is 1. The Morgan fingerprint density at radius 1 is 1.15 bits per heavy atom. The van der Waals surface area contributed by atoms with Gasteiger partial charge in [-0.15, -0.1) is 0 Å². The van der Waals surface area contributed by atoms with Gasteiger partial charge in [0.1, 0.15) is 5.75 Å². The number of aryl methyl sites for hydroxylation is 1. The summed E-state index contributed by atoms with van der Waals surface area (Å²) in [6, 6.07) is 6.25. The van der Waals surface area contributed by atoms with Crippen LogP contribution in [0.15, 0.2) is 18.2 Å². The number of piperidine rings is 1. The molecule has 0 aromatic heterocycles. The van der Waals surface area contributed by atoms with Gasteiger partial charge in [0.05, 0.1) is 13.7 Å². The van der Waals surface area contributed by atoms with Crippen molar-refractivity contribution in [2.75, 3.05) is 38.2 Å². The molecule has 1 aromatic carbocycles. The SMILES string of the molecule is COc1ccc2c(c1)CCCN2C(=O)CN1CCC(NC(=O)C2CC2)CC1. The van der Waals surface area contributed by atoms with Crippen LogP contribution < -0.4 is 15.0 Å². The number of anilines is 1. The number of methoxy groups -OCH3 is 1. The summed E-state index contributed by atoms with van der Waals surface area (Å²) in [4.78, 5) is 29.0. The van der Waals surface area contributed by atoms with Crippen molar-refractivity contribution in [3.05, 3.63) is 23.8 Å². The van der Waals surface area contributed by atoms with Gasteiger partial charge in [0.2, 0.25) is 11.8 Å². The molecular formula is C21H29N3O3. The molecule has 2 amide bonds. The molecule has 4 rings (SSSR count). The van der Waals surface area contributed by atoms with Crippen molar-refractivity contribution >= 4 is 17.5 Å². The lowest BCUT2D eigenvalue weighted by molar-refractivity contribution is -0.124. The number of likely N-dealkylation sites (tertiary alicyclic amines) is 1. The number of carbonyl (C=O) groups excluding carboxylic acids is 2. The number of hydrogen-bond acceptors (Lipinski definition) is 4. The van der Waals surface area contributed by atoms with E-state index < -0.39 is 0 Å². The van der Waals surface area contributed by atoms with Gasteiger partial charge in [0.15, 0.2) is 0 Å². The van der Waals surface area contributed by atoms with Gasteiger partial charge in [0, 0.05) is 37.3 Å². The van der Waals surface area contributed by atoms with Gasteiger partial charge in [-0.05, 0) is 62.3 Å². The molecule has 1 aliphatic carbocycles. The van der Waals surface area contributed by atoms with E-state index in [1.54, 1.807) is 7.11 Å². The minimum absolute atomic E-state index is 0.168. The minimum Gasteiger partial charge on any atom is -0.497 e. The Labute approximate surface area is 160 Å². The second-order valence-electron chi connectivity index (χ2n) is 7.98. The van der Waals surface area contributed by atoms with Crippen LogP contribution in [-0.2, 0) is 16.0 Å². The summed E-state index contributed by atoms with van der Waals surface area (Å²) in [7, 11) is 1.67. The lowest BCUT2D eigenvalue weighted by atomic mass is 10.0. The quantitative estimate of drug-likeness (QED) is 0.860. The van der Waals surface area contributed by atoms with Gasteiger partial charge in [0.25, 0.3) is 0 Å². The third-order valence-electron chi connectivity index (χ3n) is 5.95. The highest BCUT2D eigenvalue weighted by molar-refractivity contribution is 5.96. The minimum atomic E-state index is 0.168. The van der Waals surface area contributed by atoms with Crippen LogP contribution in [0.2, 0.25) is 0 Å². The standard InChI is InChI=1S/C21H29N3O3/c1-27-18-6-7-19-16(13-18)3-2-10-24(19)20(25)14-23-11-8-17(9-12-23)22-21(26)15-4-5-15/h6-7,13,15,17H,2-5,8-12,14H2,1H3,(H,22,26). The summed E-state index contributed by atoms with van der Waals surface area (Å²) in [6.07, 6.45) is 5.92. The molecule has 0 radical (unpaired) electrons. The fraction of sp³-hybridized carbons (Fsp3) is 0.619. The lowest BCUT2D eigenvalue weighted by Crippen LogP contribution is -2.49. The first-order chi connectivity index (χ1) is 13.1. The Balaban J connectivity index is 1.31. The van der Waals surface area contributed by atoms with Crippen LogP contribution in [0.25, 0.3) is 0 Å². The second kappa shape index (κ2) is 7.89. The van der Waals surface area contributed by atoms with Gasteiger partial charge < -0.3 is 15.0 Å². The predicted octanol–water partition coefficient (Wildman–Crippen LogP) is 1.96. The Kier molecular flexibility index (Phi) is 5.34. The van der Waals surface area contributed by atoms with Crippen LogP contribution in [0, 0.1) is 5.92 Å². The summed E-state index contributed by atoms with van der Waals surface area (Å²) in [5.74, 6) is 1.51. The number of carbonyl (C=O) groups is 2. The third kappa shape index (κ3) is 4.26. The summed E-state index contributed by atoms with van der Waals surface area (Å²) in [5.41, 5.74) is 2.22. The average molecular weight is 371 g/mol. The number of rotatable bonds is 5.